The number of carbonyl (C=O) groups is 1. The van der Waals surface area contributed by atoms with E-state index in [0.717, 1.165) is 41.3 Å². The van der Waals surface area contributed by atoms with Crippen molar-refractivity contribution in [2.24, 2.45) is 0 Å². The fourth-order valence-electron chi connectivity index (χ4n) is 4.06. The molecule has 0 amide bonds. The summed E-state index contributed by atoms with van der Waals surface area (Å²) < 4.78 is 0. The molecule has 3 heterocycles. The molecule has 1 N–H and O–H groups in total. The summed E-state index contributed by atoms with van der Waals surface area (Å²) in [5, 5.41) is 3.53. The molecule has 2 fully saturated rings. The number of nitrogens with one attached hydrogen (secondary N) is 1. The number of piperazine rings is 1. The van der Waals surface area contributed by atoms with Gasteiger partial charge in [0, 0.05) is 42.7 Å². The molecule has 5 rings (SSSR count). The van der Waals surface area contributed by atoms with Crippen LogP contribution in [0, 0.1) is 0 Å². The van der Waals surface area contributed by atoms with Crippen LogP contribution in [-0.2, 0) is 6.42 Å². The third-order valence-electron chi connectivity index (χ3n) is 5.15. The van der Waals surface area contributed by atoms with E-state index in [-0.39, 0.29) is 5.78 Å². The third kappa shape index (κ3) is 1.67. The highest BCUT2D eigenvalue weighted by molar-refractivity contribution is 6.06. The molecule has 22 heavy (non-hydrogen) atoms. The zero-order valence-corrected chi connectivity index (χ0v) is 12.2. The molecule has 1 aromatic heterocycles. The van der Waals surface area contributed by atoms with E-state index in [1.165, 1.54) is 6.42 Å². The fraction of sp³-hybridized carbons (Fsp3) is 0.333. The van der Waals surface area contributed by atoms with E-state index in [2.05, 4.69) is 22.3 Å². The molecule has 4 heteroatoms. The molecule has 0 unspecified atom stereocenters. The van der Waals surface area contributed by atoms with Gasteiger partial charge in [0.25, 0.3) is 0 Å². The highest BCUT2D eigenvalue weighted by Gasteiger charge is 2.38. The minimum Gasteiger partial charge on any atom is -0.351 e. The Labute approximate surface area is 129 Å². The maximum absolute atomic E-state index is 12.2. The highest BCUT2D eigenvalue weighted by Crippen LogP contribution is 2.35. The zero-order chi connectivity index (χ0) is 14.7. The molecule has 1 aromatic carbocycles. The predicted molar refractivity (Wildman–Crippen MR) is 85.2 cm³/mol. The Morgan fingerprint density at radius 3 is 2.77 bits per heavy atom. The number of Topliss-reactive ketones (excluding diaryl/α,β-unsaturated/α-hetero) is 1. The Bertz CT molecular complexity index is 786. The molecular formula is C18H17N3O. The topological polar surface area (TPSA) is 45.2 Å². The lowest BCUT2D eigenvalue weighted by atomic mass is 9.88. The summed E-state index contributed by atoms with van der Waals surface area (Å²) in [7, 11) is 0. The molecule has 2 aliphatic heterocycles. The van der Waals surface area contributed by atoms with Crippen molar-refractivity contribution in [3.05, 3.63) is 47.5 Å². The monoisotopic (exact) mass is 291 g/mol. The number of anilines is 1. The third-order valence-corrected chi connectivity index (χ3v) is 5.15. The van der Waals surface area contributed by atoms with Crippen LogP contribution in [0.2, 0.25) is 0 Å². The smallest absolute Gasteiger partial charge is 0.167 e. The van der Waals surface area contributed by atoms with Gasteiger partial charge in [-0.3, -0.25) is 4.79 Å². The molecule has 2 saturated heterocycles. The van der Waals surface area contributed by atoms with Gasteiger partial charge in [-0.15, -0.1) is 0 Å². The predicted octanol–water partition coefficient (Wildman–Crippen LogP) is 2.04. The summed E-state index contributed by atoms with van der Waals surface area (Å²) in [5.41, 5.74) is 3.83. The first kappa shape index (κ1) is 12.4. The van der Waals surface area contributed by atoms with Gasteiger partial charge in [-0.05, 0) is 18.1 Å². The quantitative estimate of drug-likeness (QED) is 0.873. The number of benzene rings is 1. The van der Waals surface area contributed by atoms with E-state index in [9.17, 15) is 4.79 Å². The van der Waals surface area contributed by atoms with Gasteiger partial charge in [0.05, 0.1) is 5.69 Å². The van der Waals surface area contributed by atoms with Gasteiger partial charge >= 0.3 is 0 Å². The second-order valence-electron chi connectivity index (χ2n) is 6.47. The molecule has 2 aromatic rings. The number of nitrogens with zero attached hydrogens (tertiary/aromatic N) is 2. The van der Waals surface area contributed by atoms with Crippen molar-refractivity contribution in [1.82, 2.24) is 10.3 Å². The maximum atomic E-state index is 12.2. The van der Waals surface area contributed by atoms with Crippen LogP contribution in [0.3, 0.4) is 0 Å². The highest BCUT2D eigenvalue weighted by atomic mass is 16.1. The number of hydrogen-bond acceptors (Lipinski definition) is 4. The Morgan fingerprint density at radius 2 is 2.00 bits per heavy atom. The van der Waals surface area contributed by atoms with Gasteiger partial charge in [-0.1, -0.05) is 30.3 Å². The van der Waals surface area contributed by atoms with Gasteiger partial charge in [0.2, 0.25) is 0 Å². The second kappa shape index (κ2) is 4.40. The van der Waals surface area contributed by atoms with Gasteiger partial charge in [-0.25, -0.2) is 4.98 Å². The van der Waals surface area contributed by atoms with Crippen molar-refractivity contribution in [2.45, 2.75) is 24.9 Å². The number of aromatic nitrogens is 1. The van der Waals surface area contributed by atoms with Crippen LogP contribution in [0.4, 0.5) is 5.82 Å². The molecule has 110 valence electrons. The number of carbonyl (C=O) groups excluding carboxylic acids is 1. The Morgan fingerprint density at radius 1 is 1.14 bits per heavy atom. The Kier molecular flexibility index (Phi) is 2.47. The van der Waals surface area contributed by atoms with E-state index in [4.69, 9.17) is 4.98 Å². The number of hydrogen-bond donors (Lipinski definition) is 1. The van der Waals surface area contributed by atoms with Crippen LogP contribution in [0.1, 0.15) is 22.3 Å². The zero-order valence-electron chi connectivity index (χ0n) is 12.2. The molecule has 2 bridgehead atoms. The van der Waals surface area contributed by atoms with E-state index in [1.807, 2.05) is 24.3 Å². The van der Waals surface area contributed by atoms with Crippen LogP contribution in [0.5, 0.6) is 0 Å². The average Bonchev–Trinajstić information content (AvgIpc) is 3.18. The van der Waals surface area contributed by atoms with E-state index in [0.29, 0.717) is 18.5 Å². The molecule has 0 saturated carbocycles. The Balaban J connectivity index is 1.62. The average molecular weight is 291 g/mol. The summed E-state index contributed by atoms with van der Waals surface area (Å²) in [6, 6.07) is 13.2. The van der Waals surface area contributed by atoms with Crippen LogP contribution in [0.25, 0.3) is 11.3 Å². The summed E-state index contributed by atoms with van der Waals surface area (Å²) in [6.45, 7) is 2.09. The maximum Gasteiger partial charge on any atom is 0.167 e. The van der Waals surface area contributed by atoms with Gasteiger partial charge in [-0.2, -0.15) is 0 Å². The van der Waals surface area contributed by atoms with Crippen molar-refractivity contribution in [1.29, 1.82) is 0 Å². The lowest BCUT2D eigenvalue weighted by Crippen LogP contribution is -2.44. The summed E-state index contributed by atoms with van der Waals surface area (Å²) >= 11 is 0. The van der Waals surface area contributed by atoms with Gasteiger partial charge in [0.15, 0.2) is 5.78 Å². The molecular weight excluding hydrogens is 274 g/mol. The van der Waals surface area contributed by atoms with Crippen LogP contribution in [0.15, 0.2) is 36.4 Å². The summed E-state index contributed by atoms with van der Waals surface area (Å²) in [6.07, 6.45) is 1.68. The van der Waals surface area contributed by atoms with Crippen LogP contribution < -0.4 is 10.2 Å². The van der Waals surface area contributed by atoms with E-state index in [1.54, 1.807) is 0 Å². The largest absolute Gasteiger partial charge is 0.351 e. The van der Waals surface area contributed by atoms with Crippen LogP contribution in [-0.4, -0.2) is 35.9 Å². The standard InChI is InChI=1S/C18H17N3O/c22-16-7-11-5-6-17(21-10-12-8-13(21)9-19-12)20-18(11)15-4-2-1-3-14(15)16/h1-6,12-13,19H,7-10H2/t12-,13-/m0/s1. The normalized spacial score (nSPS) is 25.3. The van der Waals surface area contributed by atoms with Crippen molar-refractivity contribution in [3.8, 4) is 11.3 Å². The van der Waals surface area contributed by atoms with E-state index < -0.39 is 0 Å². The molecule has 0 radical (unpaired) electrons. The molecule has 2 atom stereocenters. The molecule has 0 spiro atoms. The fourth-order valence-corrected chi connectivity index (χ4v) is 4.06. The first-order valence-corrected chi connectivity index (χ1v) is 7.92. The number of rotatable bonds is 1. The lowest BCUT2D eigenvalue weighted by molar-refractivity contribution is 0.0991. The van der Waals surface area contributed by atoms with Crippen molar-refractivity contribution in [3.63, 3.8) is 0 Å². The first-order valence-electron chi connectivity index (χ1n) is 7.92. The SMILES string of the molecule is O=C1Cc2ccc(N3C[C@@H]4C[C@H]3CN4)nc2-c2ccccc21. The van der Waals surface area contributed by atoms with Crippen molar-refractivity contribution in [2.75, 3.05) is 18.0 Å². The number of ketones is 1. The summed E-state index contributed by atoms with van der Waals surface area (Å²) in [4.78, 5) is 19.6. The number of fused-ring (bicyclic) bond motifs is 5. The Hall–Kier alpha value is -2.20. The van der Waals surface area contributed by atoms with Crippen molar-refractivity contribution >= 4 is 11.6 Å². The second-order valence-corrected chi connectivity index (χ2v) is 6.47. The van der Waals surface area contributed by atoms with Crippen LogP contribution >= 0.6 is 0 Å². The van der Waals surface area contributed by atoms with Gasteiger partial charge in [0.1, 0.15) is 5.82 Å². The lowest BCUT2D eigenvalue weighted by Gasteiger charge is -2.29. The summed E-state index contributed by atoms with van der Waals surface area (Å²) in [5.74, 6) is 1.25. The number of pyridine rings is 1. The van der Waals surface area contributed by atoms with Crippen molar-refractivity contribution < 1.29 is 4.79 Å². The molecule has 3 aliphatic rings. The minimum absolute atomic E-state index is 0.196. The van der Waals surface area contributed by atoms with Gasteiger partial charge < -0.3 is 10.2 Å². The minimum atomic E-state index is 0.196. The molecule has 1 aliphatic carbocycles. The van der Waals surface area contributed by atoms with E-state index >= 15 is 0 Å². The molecule has 4 nitrogen and oxygen atoms in total. The first-order chi connectivity index (χ1) is 10.8.